The van der Waals surface area contributed by atoms with Gasteiger partial charge in [0.15, 0.2) is 21.2 Å². The number of ether oxygens (including phenoxy) is 1. The lowest BCUT2D eigenvalue weighted by Crippen LogP contribution is -2.60. The molecule has 2 aromatic carbocycles. The molecule has 2 heterocycles. The summed E-state index contributed by atoms with van der Waals surface area (Å²) in [6.45, 7) is 2.02. The Morgan fingerprint density at radius 3 is 2.37 bits per heavy atom. The number of carbonyl (C=O) groups excluding carboxylic acids is 4. The molecule has 1 N–H and O–H groups in total. The zero-order valence-electron chi connectivity index (χ0n) is 22.3. The summed E-state index contributed by atoms with van der Waals surface area (Å²) in [6, 6.07) is 12.1. The number of hydrogen-bond donors (Lipinski definition) is 1. The quantitative estimate of drug-likeness (QED) is 0.212. The van der Waals surface area contributed by atoms with Crippen LogP contribution in [-0.2, 0) is 25.6 Å². The number of rotatable bonds is 5. The van der Waals surface area contributed by atoms with E-state index in [1.54, 1.807) is 30.3 Å². The van der Waals surface area contributed by atoms with Crippen molar-refractivity contribution in [1.82, 2.24) is 4.90 Å². The molecule has 0 bridgehead atoms. The predicted octanol–water partition coefficient (Wildman–Crippen LogP) is 4.88. The number of likely N-dealkylation sites (tertiary alicyclic amines) is 1. The first kappa shape index (κ1) is 28.2. The number of nitrogens with zero attached hydrogens (tertiary/aromatic N) is 2. The van der Waals surface area contributed by atoms with Crippen molar-refractivity contribution in [2.75, 3.05) is 17.5 Å². The summed E-state index contributed by atoms with van der Waals surface area (Å²) < 4.78 is 5.33. The number of aryl methyl sites for hydroxylation is 1. The van der Waals surface area contributed by atoms with Gasteiger partial charge in [-0.2, -0.15) is 0 Å². The van der Waals surface area contributed by atoms with Gasteiger partial charge in [-0.1, -0.05) is 58.8 Å². The summed E-state index contributed by atoms with van der Waals surface area (Å²) in [6.07, 6.45) is 2.76. The molecular formula is C30H27BrCl2N2O6. The number of imide groups is 2. The number of benzene rings is 2. The second kappa shape index (κ2) is 9.85. The highest BCUT2D eigenvalue weighted by atomic mass is 79.9. The Labute approximate surface area is 255 Å². The number of methoxy groups -OCH3 is 1. The smallest absolute Gasteiger partial charge is 0.254 e. The Bertz CT molecular complexity index is 1530. The summed E-state index contributed by atoms with van der Waals surface area (Å²) in [7, 11) is 1.40. The molecule has 2 saturated heterocycles. The Balaban J connectivity index is 1.52. The molecule has 3 fully saturated rings. The number of fused-ring (bicyclic) bond motifs is 4. The van der Waals surface area contributed by atoms with E-state index in [4.69, 9.17) is 27.9 Å². The molecule has 4 aliphatic rings. The molecule has 0 aromatic heterocycles. The lowest BCUT2D eigenvalue weighted by molar-refractivity contribution is -0.138. The zero-order chi connectivity index (χ0) is 29.4. The van der Waals surface area contributed by atoms with Gasteiger partial charge in [0.25, 0.3) is 11.8 Å². The number of hydrogen-bond acceptors (Lipinski definition) is 6. The number of allylic oxidation sites excluding steroid dienone is 2. The monoisotopic (exact) mass is 660 g/mol. The van der Waals surface area contributed by atoms with Gasteiger partial charge in [0.1, 0.15) is 0 Å². The van der Waals surface area contributed by atoms with E-state index in [2.05, 4.69) is 15.9 Å². The highest BCUT2D eigenvalue weighted by Gasteiger charge is 2.76. The minimum absolute atomic E-state index is 0.123. The number of carbonyl (C=O) groups is 4. The molecule has 2 aromatic rings. The van der Waals surface area contributed by atoms with Gasteiger partial charge >= 0.3 is 0 Å². The SMILES string of the molecule is CCc1ccc(N2C(=O)C3CC=C4C(CC5(Cl)C(=O)N(CBr)C(=O)C5(Cl)C4c4cccc(OC)c4O)C3C2=O)cc1. The second-order valence-electron chi connectivity index (χ2n) is 10.9. The number of phenolic OH excluding ortho intramolecular Hbond substituents is 1. The van der Waals surface area contributed by atoms with E-state index >= 15 is 0 Å². The highest BCUT2D eigenvalue weighted by Crippen LogP contribution is 2.66. The first-order chi connectivity index (χ1) is 19.5. The van der Waals surface area contributed by atoms with Crippen molar-refractivity contribution in [1.29, 1.82) is 0 Å². The van der Waals surface area contributed by atoms with Gasteiger partial charge < -0.3 is 9.84 Å². The fourth-order valence-electron chi connectivity index (χ4n) is 7.17. The van der Waals surface area contributed by atoms with Crippen LogP contribution in [0.3, 0.4) is 0 Å². The third-order valence-electron chi connectivity index (χ3n) is 9.18. The molecule has 214 valence electrons. The maximum absolute atomic E-state index is 14.1. The molecule has 0 radical (unpaired) electrons. The minimum atomic E-state index is -2.00. The van der Waals surface area contributed by atoms with E-state index in [1.807, 2.05) is 25.1 Å². The number of halogens is 3. The lowest BCUT2D eigenvalue weighted by Gasteiger charge is -2.50. The highest BCUT2D eigenvalue weighted by molar-refractivity contribution is 9.09. The third kappa shape index (κ3) is 3.64. The van der Waals surface area contributed by atoms with Crippen LogP contribution in [0, 0.1) is 17.8 Å². The van der Waals surface area contributed by atoms with Crippen LogP contribution in [0.2, 0.25) is 0 Å². The standard InChI is InChI=1S/C30H27BrCl2N2O6/c1-3-15-7-9-16(10-8-15)35-25(37)18-12-11-17-20(22(18)26(35)38)13-29(32)27(39)34(14-31)28(40)30(29,33)23(17)19-5-4-6-21(41-2)24(19)36/h4-11,18,20,22-23,36H,3,12-14H2,1-2H3. The van der Waals surface area contributed by atoms with Crippen LogP contribution in [0.1, 0.15) is 36.8 Å². The molecular weight excluding hydrogens is 635 g/mol. The van der Waals surface area contributed by atoms with Crippen molar-refractivity contribution in [2.45, 2.75) is 41.9 Å². The molecule has 4 amide bonds. The van der Waals surface area contributed by atoms with Crippen molar-refractivity contribution in [3.63, 3.8) is 0 Å². The fraction of sp³-hybridized carbons (Fsp3) is 0.400. The van der Waals surface area contributed by atoms with Crippen LogP contribution in [0.4, 0.5) is 5.69 Å². The molecule has 0 spiro atoms. The van der Waals surface area contributed by atoms with Gasteiger partial charge in [-0.15, -0.1) is 23.2 Å². The van der Waals surface area contributed by atoms with Crippen molar-refractivity contribution in [2.24, 2.45) is 17.8 Å². The normalized spacial score (nSPS) is 32.6. The average Bonchev–Trinajstić information content (AvgIpc) is 3.31. The summed E-state index contributed by atoms with van der Waals surface area (Å²) in [4.78, 5) is 53.6. The lowest BCUT2D eigenvalue weighted by atomic mass is 9.56. The van der Waals surface area contributed by atoms with Crippen LogP contribution < -0.4 is 9.64 Å². The van der Waals surface area contributed by atoms with E-state index in [0.29, 0.717) is 11.3 Å². The van der Waals surface area contributed by atoms with E-state index in [-0.39, 0.29) is 47.2 Å². The predicted molar refractivity (Wildman–Crippen MR) is 156 cm³/mol. The number of alkyl halides is 3. The Kier molecular flexibility index (Phi) is 6.79. The van der Waals surface area contributed by atoms with Crippen LogP contribution in [0.15, 0.2) is 54.1 Å². The number of anilines is 1. The van der Waals surface area contributed by atoms with Gasteiger partial charge in [0, 0.05) is 11.5 Å². The van der Waals surface area contributed by atoms with E-state index in [0.717, 1.165) is 16.9 Å². The number of phenols is 1. The maximum atomic E-state index is 14.1. The Morgan fingerprint density at radius 2 is 1.73 bits per heavy atom. The first-order valence-corrected chi connectivity index (χ1v) is 15.3. The van der Waals surface area contributed by atoms with Gasteiger partial charge in [-0.3, -0.25) is 29.0 Å². The third-order valence-corrected chi connectivity index (χ3v) is 11.1. The molecule has 2 aliphatic carbocycles. The topological polar surface area (TPSA) is 104 Å². The molecule has 6 atom stereocenters. The summed E-state index contributed by atoms with van der Waals surface area (Å²) in [5.74, 6) is -5.41. The maximum Gasteiger partial charge on any atom is 0.254 e. The van der Waals surface area contributed by atoms with Gasteiger partial charge in [-0.05, 0) is 48.9 Å². The molecule has 6 unspecified atom stereocenters. The number of amides is 4. The molecule has 6 rings (SSSR count). The van der Waals surface area contributed by atoms with Crippen molar-refractivity contribution in [3.05, 3.63) is 65.2 Å². The molecule has 2 aliphatic heterocycles. The zero-order valence-corrected chi connectivity index (χ0v) is 25.4. The first-order valence-electron chi connectivity index (χ1n) is 13.4. The largest absolute Gasteiger partial charge is 0.504 e. The number of para-hydroxylation sites is 1. The fourth-order valence-corrected chi connectivity index (χ4v) is 8.59. The Hall–Kier alpha value is -2.88. The minimum Gasteiger partial charge on any atom is -0.504 e. The van der Waals surface area contributed by atoms with E-state index in [1.165, 1.54) is 12.0 Å². The van der Waals surface area contributed by atoms with Crippen molar-refractivity contribution < 1.29 is 29.0 Å². The van der Waals surface area contributed by atoms with Crippen molar-refractivity contribution >= 4 is 68.4 Å². The van der Waals surface area contributed by atoms with Crippen molar-refractivity contribution in [3.8, 4) is 11.5 Å². The van der Waals surface area contributed by atoms with Crippen LogP contribution >= 0.6 is 39.1 Å². The molecule has 8 nitrogen and oxygen atoms in total. The van der Waals surface area contributed by atoms with Gasteiger partial charge in [0.2, 0.25) is 11.8 Å². The molecule has 41 heavy (non-hydrogen) atoms. The average molecular weight is 662 g/mol. The summed E-state index contributed by atoms with van der Waals surface area (Å²) in [5, 5.41) is 11.2. The van der Waals surface area contributed by atoms with Crippen LogP contribution in [-0.4, -0.2) is 55.9 Å². The van der Waals surface area contributed by atoms with Crippen LogP contribution in [0.5, 0.6) is 11.5 Å². The number of aromatic hydroxyl groups is 1. The van der Waals surface area contributed by atoms with Gasteiger partial charge in [-0.25, -0.2) is 0 Å². The summed E-state index contributed by atoms with van der Waals surface area (Å²) in [5.41, 5.74) is 2.28. The summed E-state index contributed by atoms with van der Waals surface area (Å²) >= 11 is 17.6. The molecule has 1 saturated carbocycles. The van der Waals surface area contributed by atoms with E-state index < -0.39 is 45.2 Å². The molecule has 11 heteroatoms. The second-order valence-corrected chi connectivity index (χ2v) is 12.7. The Morgan fingerprint density at radius 1 is 1.02 bits per heavy atom. The van der Waals surface area contributed by atoms with Gasteiger partial charge in [0.05, 0.1) is 30.1 Å². The van der Waals surface area contributed by atoms with E-state index in [9.17, 15) is 24.3 Å². The van der Waals surface area contributed by atoms with Crippen LogP contribution in [0.25, 0.3) is 0 Å².